The summed E-state index contributed by atoms with van der Waals surface area (Å²) >= 11 is 1.77. The first kappa shape index (κ1) is 28.1. The van der Waals surface area contributed by atoms with Gasteiger partial charge in [-0.2, -0.15) is 10.2 Å². The van der Waals surface area contributed by atoms with E-state index in [0.29, 0.717) is 32.1 Å². The summed E-state index contributed by atoms with van der Waals surface area (Å²) in [7, 11) is 0. The van der Waals surface area contributed by atoms with E-state index in [0.717, 1.165) is 51.3 Å². The van der Waals surface area contributed by atoms with Gasteiger partial charge in [0.1, 0.15) is 12.4 Å². The van der Waals surface area contributed by atoms with Crippen LogP contribution in [0, 0.1) is 11.3 Å². The van der Waals surface area contributed by atoms with E-state index in [2.05, 4.69) is 63.1 Å². The van der Waals surface area contributed by atoms with Gasteiger partial charge in [-0.25, -0.2) is 4.39 Å². The van der Waals surface area contributed by atoms with Crippen LogP contribution in [0.3, 0.4) is 0 Å². The van der Waals surface area contributed by atoms with E-state index in [1.165, 1.54) is 44.6 Å². The third-order valence-electron chi connectivity index (χ3n) is 9.87. The van der Waals surface area contributed by atoms with Crippen molar-refractivity contribution in [2.24, 2.45) is 0 Å². The number of anilines is 2. The van der Waals surface area contributed by atoms with Gasteiger partial charge in [0.25, 0.3) is 5.91 Å². The normalized spacial score (nSPS) is 21.5. The van der Waals surface area contributed by atoms with Crippen LogP contribution >= 0.6 is 11.3 Å². The topological polar surface area (TPSA) is 75.9 Å². The molecule has 8 nitrogen and oxygen atoms in total. The van der Waals surface area contributed by atoms with Crippen LogP contribution in [-0.2, 0) is 17.8 Å². The molecular formula is C33H37FN6O2S. The van der Waals surface area contributed by atoms with E-state index in [9.17, 15) is 14.4 Å². The van der Waals surface area contributed by atoms with Crippen LogP contribution in [0.2, 0.25) is 0 Å². The molecule has 0 N–H and O–H groups in total. The fourth-order valence-electron chi connectivity index (χ4n) is 7.72. The summed E-state index contributed by atoms with van der Waals surface area (Å²) < 4.78 is 21.7. The number of nitrogens with zero attached hydrogens (tertiary/aromatic N) is 6. The zero-order chi connectivity index (χ0) is 29.6. The van der Waals surface area contributed by atoms with Crippen LogP contribution in [0.1, 0.15) is 43.2 Å². The fourth-order valence-corrected chi connectivity index (χ4v) is 8.66. The Bertz CT molecular complexity index is 1590. The van der Waals surface area contributed by atoms with Crippen molar-refractivity contribution in [3.63, 3.8) is 0 Å². The molecule has 0 spiro atoms. The van der Waals surface area contributed by atoms with Crippen molar-refractivity contribution in [3.05, 3.63) is 59.2 Å². The fraction of sp³-hybridized carbons (Fsp3) is 0.485. The number of hydrogen-bond donors (Lipinski definition) is 0. The summed E-state index contributed by atoms with van der Waals surface area (Å²) in [5, 5.41) is 12.9. The molecule has 3 saturated heterocycles. The van der Waals surface area contributed by atoms with Gasteiger partial charge in [-0.3, -0.25) is 9.69 Å². The number of carbonyl (C=O) groups excluding carboxylic acids is 1. The monoisotopic (exact) mass is 600 g/mol. The molecule has 0 aliphatic carbocycles. The van der Waals surface area contributed by atoms with Gasteiger partial charge in [0, 0.05) is 44.4 Å². The number of fused-ring (bicyclic) bond motifs is 3. The molecule has 10 heteroatoms. The van der Waals surface area contributed by atoms with Crippen LogP contribution < -0.4 is 14.5 Å². The maximum atomic E-state index is 13.8. The highest BCUT2D eigenvalue weighted by Gasteiger charge is 2.45. The predicted molar refractivity (Wildman–Crippen MR) is 167 cm³/mol. The smallest absolute Gasteiger partial charge is 0.282 e. The van der Waals surface area contributed by atoms with Crippen molar-refractivity contribution in [3.8, 4) is 11.9 Å². The number of rotatable bonds is 7. The summed E-state index contributed by atoms with van der Waals surface area (Å²) in [4.78, 5) is 26.3. The van der Waals surface area contributed by atoms with Gasteiger partial charge < -0.3 is 19.4 Å². The van der Waals surface area contributed by atoms with Crippen LogP contribution in [-0.4, -0.2) is 78.1 Å². The first-order valence-electron chi connectivity index (χ1n) is 15.3. The standard InChI is InChI=1S/C33H37FN6O2S/c1-23(34)32(41)40-17-16-38(21-26(40)7-12-35)31-27-8-15-37(28-6-2-5-24-9-18-43-30(24)28)20-25(27)19-29(36-31)42-22-33-10-3-13-39(33)14-4-11-33/h2,5-6,9,18-19,26H,1,3-4,7-8,10-11,13-17,20-22H2/t26-/m0/s1. The first-order chi connectivity index (χ1) is 21.0. The van der Waals surface area contributed by atoms with Crippen molar-refractivity contribution in [2.45, 2.75) is 56.7 Å². The molecule has 2 aromatic heterocycles. The Morgan fingerprint density at radius 1 is 1.16 bits per heavy atom. The summed E-state index contributed by atoms with van der Waals surface area (Å²) in [6.45, 7) is 8.94. The molecule has 3 fully saturated rings. The second kappa shape index (κ2) is 11.4. The minimum atomic E-state index is -0.990. The average Bonchev–Trinajstić information content (AvgIpc) is 3.75. The molecule has 224 valence electrons. The van der Waals surface area contributed by atoms with Crippen LogP contribution in [0.15, 0.2) is 48.1 Å². The lowest BCUT2D eigenvalue weighted by molar-refractivity contribution is -0.131. The Kier molecular flexibility index (Phi) is 7.48. The van der Waals surface area contributed by atoms with Crippen molar-refractivity contribution >= 4 is 38.8 Å². The maximum absolute atomic E-state index is 13.8. The van der Waals surface area contributed by atoms with Crippen molar-refractivity contribution in [1.29, 1.82) is 5.26 Å². The highest BCUT2D eigenvalue weighted by atomic mass is 32.1. The quantitative estimate of drug-likeness (QED) is 0.342. The number of carbonyl (C=O) groups is 1. The highest BCUT2D eigenvalue weighted by molar-refractivity contribution is 7.17. The van der Waals surface area contributed by atoms with E-state index in [1.807, 2.05) is 0 Å². The first-order valence-corrected chi connectivity index (χ1v) is 16.2. The van der Waals surface area contributed by atoms with Gasteiger partial charge in [0.15, 0.2) is 5.83 Å². The second-order valence-corrected chi connectivity index (χ2v) is 13.2. The molecule has 0 radical (unpaired) electrons. The molecule has 4 aliphatic heterocycles. The highest BCUT2D eigenvalue weighted by Crippen LogP contribution is 2.41. The molecule has 1 aromatic carbocycles. The van der Waals surface area contributed by atoms with E-state index >= 15 is 0 Å². The Labute approximate surface area is 255 Å². The lowest BCUT2D eigenvalue weighted by Gasteiger charge is -2.42. The molecule has 4 aliphatic rings. The number of pyridine rings is 1. The summed E-state index contributed by atoms with van der Waals surface area (Å²) in [6, 6.07) is 12.5. The van der Waals surface area contributed by atoms with E-state index < -0.39 is 17.8 Å². The van der Waals surface area contributed by atoms with E-state index in [-0.39, 0.29) is 12.0 Å². The van der Waals surface area contributed by atoms with E-state index in [1.54, 1.807) is 11.3 Å². The molecule has 7 rings (SSSR count). The number of aromatic nitrogens is 1. The Balaban J connectivity index is 1.21. The lowest BCUT2D eigenvalue weighted by Crippen LogP contribution is -2.55. The van der Waals surface area contributed by atoms with Gasteiger partial charge in [0.05, 0.1) is 34.5 Å². The summed E-state index contributed by atoms with van der Waals surface area (Å²) in [6.07, 6.45) is 5.68. The SMILES string of the molecule is C=C(F)C(=O)N1CCN(c2nc(OCC34CCCN3CCC4)cc3c2CCN(c2cccc4ccsc24)C3)C[C@@H]1CC#N. The molecule has 0 bridgehead atoms. The maximum Gasteiger partial charge on any atom is 0.282 e. The summed E-state index contributed by atoms with van der Waals surface area (Å²) in [5.41, 5.74) is 3.74. The van der Waals surface area contributed by atoms with Crippen LogP contribution in [0.25, 0.3) is 10.1 Å². The molecular weight excluding hydrogens is 563 g/mol. The minimum absolute atomic E-state index is 0.108. The number of thiophene rings is 1. The number of amides is 1. The lowest BCUT2D eigenvalue weighted by atomic mass is 9.95. The van der Waals surface area contributed by atoms with Gasteiger partial charge >= 0.3 is 0 Å². The van der Waals surface area contributed by atoms with Crippen molar-refractivity contribution < 1.29 is 13.9 Å². The zero-order valence-corrected chi connectivity index (χ0v) is 25.3. The molecule has 6 heterocycles. The molecule has 43 heavy (non-hydrogen) atoms. The Morgan fingerprint density at radius 2 is 2.00 bits per heavy atom. The van der Waals surface area contributed by atoms with Gasteiger partial charge in [-0.1, -0.05) is 18.7 Å². The third kappa shape index (κ3) is 5.12. The zero-order valence-electron chi connectivity index (χ0n) is 24.4. The van der Waals surface area contributed by atoms with Gasteiger partial charge in [-0.05, 0) is 73.7 Å². The predicted octanol–water partition coefficient (Wildman–Crippen LogP) is 5.28. The largest absolute Gasteiger partial charge is 0.476 e. The number of piperazine rings is 1. The second-order valence-electron chi connectivity index (χ2n) is 12.3. The molecule has 1 amide bonds. The molecule has 0 unspecified atom stereocenters. The number of ether oxygens (including phenoxy) is 1. The Morgan fingerprint density at radius 3 is 2.79 bits per heavy atom. The number of benzene rings is 1. The number of nitriles is 1. The van der Waals surface area contributed by atoms with Gasteiger partial charge in [-0.15, -0.1) is 11.3 Å². The number of halogens is 1. The third-order valence-corrected chi connectivity index (χ3v) is 10.8. The minimum Gasteiger partial charge on any atom is -0.476 e. The van der Waals surface area contributed by atoms with Crippen molar-refractivity contribution in [2.75, 3.05) is 55.7 Å². The molecule has 3 aromatic rings. The van der Waals surface area contributed by atoms with Crippen molar-refractivity contribution in [1.82, 2.24) is 14.8 Å². The summed E-state index contributed by atoms with van der Waals surface area (Å²) in [5.74, 6) is -0.231. The van der Waals surface area contributed by atoms with Gasteiger partial charge in [0.2, 0.25) is 5.88 Å². The molecule has 0 saturated carbocycles. The Hall–Kier alpha value is -3.68. The van der Waals surface area contributed by atoms with Crippen LogP contribution in [0.4, 0.5) is 15.9 Å². The molecule has 1 atom stereocenters. The van der Waals surface area contributed by atoms with Crippen LogP contribution in [0.5, 0.6) is 5.88 Å². The number of hydrogen-bond acceptors (Lipinski definition) is 8. The van der Waals surface area contributed by atoms with E-state index in [4.69, 9.17) is 9.72 Å². The average molecular weight is 601 g/mol.